The van der Waals surface area contributed by atoms with Crippen LogP contribution >= 0.6 is 22.7 Å². The molecule has 0 saturated heterocycles. The first-order valence-electron chi connectivity index (χ1n) is 4.43. The molecular weight excluding hydrogens is 253 g/mol. The van der Waals surface area contributed by atoms with Gasteiger partial charge in [-0.05, 0) is 22.9 Å². The third kappa shape index (κ3) is 2.74. The summed E-state index contributed by atoms with van der Waals surface area (Å²) in [7, 11) is 0. The lowest BCUT2D eigenvalue weighted by Crippen LogP contribution is -2.03. The minimum Gasteiger partial charge on any atom is -0.167 e. The first kappa shape index (κ1) is 11.4. The lowest BCUT2D eigenvalue weighted by Gasteiger charge is -2.05. The molecule has 0 amide bonds. The Kier molecular flexibility index (Phi) is 3.16. The summed E-state index contributed by atoms with van der Waals surface area (Å²) >= 11 is 2.62. The summed E-state index contributed by atoms with van der Waals surface area (Å²) < 4.78 is 37.3. The average Bonchev–Trinajstić information content (AvgIpc) is 2.86. The number of allylic oxidation sites excluding steroid dienone is 1. The molecule has 0 aliphatic rings. The van der Waals surface area contributed by atoms with Gasteiger partial charge in [0.1, 0.15) is 0 Å². The fourth-order valence-corrected chi connectivity index (χ4v) is 2.87. The number of halogens is 3. The van der Waals surface area contributed by atoms with Crippen LogP contribution in [-0.2, 0) is 0 Å². The van der Waals surface area contributed by atoms with Crippen molar-refractivity contribution >= 4 is 28.2 Å². The molecule has 2 aromatic heterocycles. The van der Waals surface area contributed by atoms with Gasteiger partial charge < -0.3 is 0 Å². The number of alkyl halides is 3. The summed E-state index contributed by atoms with van der Waals surface area (Å²) in [6, 6.07) is 6.89. The highest BCUT2D eigenvalue weighted by Crippen LogP contribution is 2.33. The molecule has 5 heteroatoms. The van der Waals surface area contributed by atoms with Gasteiger partial charge in [0.05, 0.1) is 0 Å². The van der Waals surface area contributed by atoms with E-state index in [0.717, 1.165) is 0 Å². The predicted molar refractivity (Wildman–Crippen MR) is 61.8 cm³/mol. The van der Waals surface area contributed by atoms with Gasteiger partial charge in [-0.15, -0.1) is 22.7 Å². The zero-order chi connectivity index (χ0) is 11.6. The molecule has 2 aromatic rings. The molecule has 0 aliphatic carbocycles. The highest BCUT2D eigenvalue weighted by Gasteiger charge is 2.26. The smallest absolute Gasteiger partial charge is 0.167 e. The molecule has 0 atom stereocenters. The summed E-state index contributed by atoms with van der Waals surface area (Å²) in [5.41, 5.74) is 0.248. The molecule has 2 heterocycles. The maximum absolute atomic E-state index is 12.4. The highest BCUT2D eigenvalue weighted by atomic mass is 32.1. The van der Waals surface area contributed by atoms with Gasteiger partial charge >= 0.3 is 6.18 Å². The highest BCUT2D eigenvalue weighted by molar-refractivity contribution is 7.13. The standard InChI is InChI=1S/C11H7F3S2/c12-11(13,14)7-8(9-3-1-5-15-9)10-4-2-6-16-10/h1-7H. The molecule has 2 rings (SSSR count). The number of hydrogen-bond acceptors (Lipinski definition) is 2. The van der Waals surface area contributed by atoms with Crippen LogP contribution in [0.25, 0.3) is 5.57 Å². The summed E-state index contributed by atoms with van der Waals surface area (Å²) in [4.78, 5) is 1.28. The normalized spacial score (nSPS) is 11.4. The van der Waals surface area contributed by atoms with Crippen molar-refractivity contribution in [3.8, 4) is 0 Å². The quantitative estimate of drug-likeness (QED) is 0.727. The van der Waals surface area contributed by atoms with E-state index in [9.17, 15) is 13.2 Å². The van der Waals surface area contributed by atoms with Crippen LogP contribution in [0.15, 0.2) is 41.1 Å². The number of thiophene rings is 2. The zero-order valence-corrected chi connectivity index (χ0v) is 9.62. The van der Waals surface area contributed by atoms with Gasteiger partial charge in [-0.1, -0.05) is 12.1 Å². The second-order valence-corrected chi connectivity index (χ2v) is 4.95. The van der Waals surface area contributed by atoms with Crippen LogP contribution in [0.5, 0.6) is 0 Å². The Hall–Kier alpha value is -1.07. The van der Waals surface area contributed by atoms with E-state index in [0.29, 0.717) is 15.8 Å². The van der Waals surface area contributed by atoms with Crippen molar-refractivity contribution in [2.24, 2.45) is 0 Å². The van der Waals surface area contributed by atoms with Crippen LogP contribution < -0.4 is 0 Å². The topological polar surface area (TPSA) is 0 Å². The Morgan fingerprint density at radius 2 is 1.50 bits per heavy atom. The molecule has 0 bridgehead atoms. The third-order valence-corrected chi connectivity index (χ3v) is 3.69. The maximum Gasteiger partial charge on any atom is 0.410 e. The molecule has 0 spiro atoms. The molecule has 0 nitrogen and oxygen atoms in total. The summed E-state index contributed by atoms with van der Waals surface area (Å²) in [5, 5.41) is 3.54. The zero-order valence-electron chi connectivity index (χ0n) is 7.99. The summed E-state index contributed by atoms with van der Waals surface area (Å²) in [6.07, 6.45) is -3.92. The van der Waals surface area contributed by atoms with Crippen molar-refractivity contribution in [3.63, 3.8) is 0 Å². The molecular formula is C11H7F3S2. The summed E-state index contributed by atoms with van der Waals surface area (Å²) in [5.74, 6) is 0. The van der Waals surface area contributed by atoms with Crippen LogP contribution in [0.4, 0.5) is 13.2 Å². The monoisotopic (exact) mass is 260 g/mol. The third-order valence-electron chi connectivity index (χ3n) is 1.88. The van der Waals surface area contributed by atoms with Crippen LogP contribution in [0.2, 0.25) is 0 Å². The van der Waals surface area contributed by atoms with Crippen LogP contribution in [0.3, 0.4) is 0 Å². The van der Waals surface area contributed by atoms with E-state index >= 15 is 0 Å². The van der Waals surface area contributed by atoms with E-state index in [1.807, 2.05) is 0 Å². The lowest BCUT2D eigenvalue weighted by molar-refractivity contribution is -0.0793. The average molecular weight is 260 g/mol. The van der Waals surface area contributed by atoms with Gasteiger partial charge in [-0.25, -0.2) is 0 Å². The molecule has 0 unspecified atom stereocenters. The Balaban J connectivity index is 2.47. The van der Waals surface area contributed by atoms with Crippen molar-refractivity contribution in [1.29, 1.82) is 0 Å². The predicted octanol–water partition coefficient (Wildman–Crippen LogP) is 4.80. The van der Waals surface area contributed by atoms with Crippen LogP contribution in [-0.4, -0.2) is 6.18 Å². The second kappa shape index (κ2) is 4.43. The van der Waals surface area contributed by atoms with E-state index < -0.39 is 6.18 Å². The van der Waals surface area contributed by atoms with Gasteiger partial charge in [0.25, 0.3) is 0 Å². The maximum atomic E-state index is 12.4. The number of hydrogen-bond donors (Lipinski definition) is 0. The van der Waals surface area contributed by atoms with E-state index in [-0.39, 0.29) is 5.57 Å². The molecule has 16 heavy (non-hydrogen) atoms. The number of rotatable bonds is 2. The van der Waals surface area contributed by atoms with Crippen molar-refractivity contribution in [2.75, 3.05) is 0 Å². The minimum atomic E-state index is -4.29. The molecule has 0 fully saturated rings. The second-order valence-electron chi connectivity index (χ2n) is 3.05. The first-order valence-corrected chi connectivity index (χ1v) is 6.19. The molecule has 0 N–H and O–H groups in total. The van der Waals surface area contributed by atoms with Crippen LogP contribution in [0, 0.1) is 0 Å². The van der Waals surface area contributed by atoms with Crippen molar-refractivity contribution in [2.45, 2.75) is 6.18 Å². The van der Waals surface area contributed by atoms with Gasteiger partial charge in [0, 0.05) is 21.4 Å². The first-order chi connectivity index (χ1) is 7.56. The van der Waals surface area contributed by atoms with Crippen LogP contribution in [0.1, 0.15) is 9.75 Å². The minimum absolute atomic E-state index is 0.248. The van der Waals surface area contributed by atoms with E-state index in [1.165, 1.54) is 22.7 Å². The van der Waals surface area contributed by atoms with Gasteiger partial charge in [0.2, 0.25) is 0 Å². The fraction of sp³-hybridized carbons (Fsp3) is 0.0909. The molecule has 0 radical (unpaired) electrons. The fourth-order valence-electron chi connectivity index (χ4n) is 1.29. The van der Waals surface area contributed by atoms with Crippen molar-refractivity contribution < 1.29 is 13.2 Å². The summed E-state index contributed by atoms with van der Waals surface area (Å²) in [6.45, 7) is 0. The Morgan fingerprint density at radius 3 is 1.81 bits per heavy atom. The van der Waals surface area contributed by atoms with Crippen molar-refractivity contribution in [1.82, 2.24) is 0 Å². The SMILES string of the molecule is FC(F)(F)C=C(c1cccs1)c1cccs1. The molecule has 0 aromatic carbocycles. The van der Waals surface area contributed by atoms with Gasteiger partial charge in [-0.3, -0.25) is 0 Å². The Bertz CT molecular complexity index is 428. The molecule has 0 saturated carbocycles. The van der Waals surface area contributed by atoms with E-state index in [1.54, 1.807) is 35.0 Å². The molecule has 84 valence electrons. The van der Waals surface area contributed by atoms with E-state index in [4.69, 9.17) is 0 Å². The Labute approximate surface area is 98.7 Å². The lowest BCUT2D eigenvalue weighted by atomic mass is 10.1. The van der Waals surface area contributed by atoms with Gasteiger partial charge in [-0.2, -0.15) is 13.2 Å². The Morgan fingerprint density at radius 1 is 1.00 bits per heavy atom. The van der Waals surface area contributed by atoms with Crippen molar-refractivity contribution in [3.05, 3.63) is 50.9 Å². The largest absolute Gasteiger partial charge is 0.410 e. The molecule has 0 aliphatic heterocycles. The van der Waals surface area contributed by atoms with Gasteiger partial charge in [0.15, 0.2) is 0 Å². The van der Waals surface area contributed by atoms with E-state index in [2.05, 4.69) is 0 Å².